The first kappa shape index (κ1) is 24.6. The first-order chi connectivity index (χ1) is 13.7. The molecular formula is C25H45NO2Si. The highest BCUT2D eigenvalue weighted by Gasteiger charge is 2.41. The van der Waals surface area contributed by atoms with Crippen molar-refractivity contribution >= 4 is 8.32 Å². The predicted molar refractivity (Wildman–Crippen MR) is 127 cm³/mol. The average molecular weight is 420 g/mol. The van der Waals surface area contributed by atoms with E-state index >= 15 is 0 Å². The average Bonchev–Trinajstić information content (AvgIpc) is 3.07. The number of nitrogens with zero attached hydrogens (tertiary/aromatic N) is 1. The van der Waals surface area contributed by atoms with Crippen molar-refractivity contribution in [1.82, 2.24) is 4.90 Å². The summed E-state index contributed by atoms with van der Waals surface area (Å²) in [5.74, 6) is 0.573. The van der Waals surface area contributed by atoms with Gasteiger partial charge in [0.05, 0.1) is 12.6 Å². The molecule has 0 radical (unpaired) electrons. The van der Waals surface area contributed by atoms with Crippen LogP contribution < -0.4 is 0 Å². The third kappa shape index (κ3) is 6.65. The van der Waals surface area contributed by atoms with Gasteiger partial charge in [0.1, 0.15) is 0 Å². The van der Waals surface area contributed by atoms with Crippen LogP contribution in [0.5, 0.6) is 0 Å². The number of likely N-dealkylation sites (tertiary alicyclic amines) is 1. The number of aliphatic hydroxyl groups excluding tert-OH is 1. The summed E-state index contributed by atoms with van der Waals surface area (Å²) in [7, 11) is -1.74. The Morgan fingerprint density at radius 2 is 1.83 bits per heavy atom. The maximum atomic E-state index is 10.3. The van der Waals surface area contributed by atoms with Crippen LogP contribution in [-0.2, 0) is 4.43 Å². The van der Waals surface area contributed by atoms with Gasteiger partial charge in [-0.3, -0.25) is 4.90 Å². The Morgan fingerprint density at radius 1 is 1.14 bits per heavy atom. The molecule has 0 spiro atoms. The van der Waals surface area contributed by atoms with E-state index in [1.165, 1.54) is 44.1 Å². The van der Waals surface area contributed by atoms with Gasteiger partial charge >= 0.3 is 0 Å². The van der Waals surface area contributed by atoms with E-state index in [0.717, 1.165) is 13.2 Å². The van der Waals surface area contributed by atoms with Crippen LogP contribution in [0, 0.1) is 5.92 Å². The Hall–Kier alpha value is -0.683. The summed E-state index contributed by atoms with van der Waals surface area (Å²) in [5.41, 5.74) is 1.24. The summed E-state index contributed by atoms with van der Waals surface area (Å²) >= 11 is 0. The summed E-state index contributed by atoms with van der Waals surface area (Å²) in [6.07, 6.45) is 7.57. The Labute approximate surface area is 181 Å². The van der Waals surface area contributed by atoms with Crippen molar-refractivity contribution in [3.8, 4) is 0 Å². The molecule has 1 N–H and O–H groups in total. The molecule has 0 amide bonds. The van der Waals surface area contributed by atoms with Gasteiger partial charge in [-0.15, -0.1) is 0 Å². The Balaban J connectivity index is 2.12. The van der Waals surface area contributed by atoms with E-state index in [1.54, 1.807) is 0 Å². The molecule has 1 aromatic rings. The summed E-state index contributed by atoms with van der Waals surface area (Å²) in [6, 6.07) is 11.2. The van der Waals surface area contributed by atoms with E-state index < -0.39 is 8.32 Å². The Bertz CT molecular complexity index is 584. The minimum Gasteiger partial charge on any atom is -0.416 e. The summed E-state index contributed by atoms with van der Waals surface area (Å²) in [5, 5.41) is 10.5. The molecule has 0 aliphatic carbocycles. The topological polar surface area (TPSA) is 32.7 Å². The van der Waals surface area contributed by atoms with E-state index in [2.05, 4.69) is 76.0 Å². The number of rotatable bonds is 11. The number of unbranched alkanes of at least 4 members (excludes halogenated alkanes) is 3. The fourth-order valence-corrected chi connectivity index (χ4v) is 5.38. The van der Waals surface area contributed by atoms with Gasteiger partial charge in [0.25, 0.3) is 0 Å². The molecule has 1 aromatic carbocycles. The first-order valence-electron chi connectivity index (χ1n) is 11.8. The van der Waals surface area contributed by atoms with Crippen LogP contribution in [-0.4, -0.2) is 44.1 Å². The second-order valence-electron chi connectivity index (χ2n) is 10.4. The molecule has 1 aliphatic rings. The molecule has 0 aromatic heterocycles. The summed E-state index contributed by atoms with van der Waals surface area (Å²) in [6.45, 7) is 16.1. The minimum absolute atomic E-state index is 0.102. The lowest BCUT2D eigenvalue weighted by molar-refractivity contribution is 0.0847. The number of hydrogen-bond acceptors (Lipinski definition) is 3. The third-order valence-electron chi connectivity index (χ3n) is 7.30. The van der Waals surface area contributed by atoms with Crippen molar-refractivity contribution < 1.29 is 9.53 Å². The molecule has 2 rings (SSSR count). The van der Waals surface area contributed by atoms with Gasteiger partial charge < -0.3 is 9.53 Å². The van der Waals surface area contributed by atoms with E-state index in [1.807, 2.05) is 0 Å². The van der Waals surface area contributed by atoms with Crippen LogP contribution in [0.15, 0.2) is 30.3 Å². The molecule has 1 saturated heterocycles. The molecule has 1 heterocycles. The smallest absolute Gasteiger partial charge is 0.191 e. The molecule has 0 unspecified atom stereocenters. The quantitative estimate of drug-likeness (QED) is 0.332. The van der Waals surface area contributed by atoms with Crippen LogP contribution in [0.4, 0.5) is 0 Å². The second-order valence-corrected chi connectivity index (χ2v) is 15.2. The van der Waals surface area contributed by atoms with Crippen molar-refractivity contribution in [2.24, 2.45) is 5.92 Å². The molecule has 3 atom stereocenters. The summed E-state index contributed by atoms with van der Waals surface area (Å²) in [4.78, 5) is 2.58. The van der Waals surface area contributed by atoms with Crippen molar-refractivity contribution in [3.05, 3.63) is 35.9 Å². The molecule has 1 aliphatic heterocycles. The van der Waals surface area contributed by atoms with Gasteiger partial charge in [0.15, 0.2) is 8.32 Å². The zero-order valence-electron chi connectivity index (χ0n) is 19.8. The molecule has 166 valence electrons. The van der Waals surface area contributed by atoms with Crippen molar-refractivity contribution in [3.63, 3.8) is 0 Å². The molecule has 3 nitrogen and oxygen atoms in total. The summed E-state index contributed by atoms with van der Waals surface area (Å²) < 4.78 is 6.65. The SMILES string of the molecule is CCCCCC[C@H]1[C@@H](CO[Si](C)(C)C(C)(C)C)CCN1[C@@H](CO)c1ccccc1. The van der Waals surface area contributed by atoms with Gasteiger partial charge in [-0.2, -0.15) is 0 Å². The van der Waals surface area contributed by atoms with E-state index in [0.29, 0.717) is 12.0 Å². The normalized spacial score (nSPS) is 22.2. The Kier molecular flexibility index (Phi) is 9.40. The molecule has 1 fully saturated rings. The maximum Gasteiger partial charge on any atom is 0.191 e. The standard InChI is InChI=1S/C25H45NO2Si/c1-7-8-9-13-16-23-22(20-28-29(5,6)25(2,3)4)17-18-26(23)24(19-27)21-14-11-10-12-15-21/h10-12,14-15,22-24,27H,7-9,13,16-20H2,1-6H3/t22-,23+,24+/m1/s1. The number of benzene rings is 1. The van der Waals surface area contributed by atoms with Crippen molar-refractivity contribution in [2.45, 2.75) is 96.4 Å². The highest BCUT2D eigenvalue weighted by Crippen LogP contribution is 2.40. The van der Waals surface area contributed by atoms with Gasteiger partial charge in [-0.05, 0) is 49.0 Å². The first-order valence-corrected chi connectivity index (χ1v) is 14.7. The van der Waals surface area contributed by atoms with Crippen LogP contribution in [0.1, 0.15) is 77.8 Å². The maximum absolute atomic E-state index is 10.3. The van der Waals surface area contributed by atoms with Crippen molar-refractivity contribution in [2.75, 3.05) is 19.8 Å². The van der Waals surface area contributed by atoms with Gasteiger partial charge in [0.2, 0.25) is 0 Å². The van der Waals surface area contributed by atoms with E-state index in [4.69, 9.17) is 4.43 Å². The third-order valence-corrected chi connectivity index (χ3v) is 11.8. The molecular weight excluding hydrogens is 374 g/mol. The van der Waals surface area contributed by atoms with Gasteiger partial charge in [0, 0.05) is 12.6 Å². The van der Waals surface area contributed by atoms with Crippen LogP contribution in [0.3, 0.4) is 0 Å². The van der Waals surface area contributed by atoms with Crippen molar-refractivity contribution in [1.29, 1.82) is 0 Å². The number of aliphatic hydroxyl groups is 1. The number of hydrogen-bond donors (Lipinski definition) is 1. The lowest BCUT2D eigenvalue weighted by atomic mass is 9.94. The molecule has 29 heavy (non-hydrogen) atoms. The predicted octanol–water partition coefficient (Wildman–Crippen LogP) is 6.40. The van der Waals surface area contributed by atoms with E-state index in [9.17, 15) is 5.11 Å². The van der Waals surface area contributed by atoms with Gasteiger partial charge in [-0.25, -0.2) is 0 Å². The van der Waals surface area contributed by atoms with E-state index in [-0.39, 0.29) is 17.7 Å². The van der Waals surface area contributed by atoms with Gasteiger partial charge in [-0.1, -0.05) is 83.7 Å². The zero-order chi connectivity index (χ0) is 21.5. The van der Waals surface area contributed by atoms with Crippen LogP contribution >= 0.6 is 0 Å². The highest BCUT2D eigenvalue weighted by atomic mass is 28.4. The monoisotopic (exact) mass is 419 g/mol. The fourth-order valence-electron chi connectivity index (χ4n) is 4.32. The molecule has 0 saturated carbocycles. The molecule has 0 bridgehead atoms. The second kappa shape index (κ2) is 11.1. The largest absolute Gasteiger partial charge is 0.416 e. The lowest BCUT2D eigenvalue weighted by Crippen LogP contribution is -2.44. The Morgan fingerprint density at radius 3 is 2.41 bits per heavy atom. The minimum atomic E-state index is -1.74. The van der Waals surface area contributed by atoms with Crippen LogP contribution in [0.25, 0.3) is 0 Å². The lowest BCUT2D eigenvalue weighted by Gasteiger charge is -2.39. The molecule has 4 heteroatoms. The zero-order valence-corrected chi connectivity index (χ0v) is 20.8. The highest BCUT2D eigenvalue weighted by molar-refractivity contribution is 6.74. The van der Waals surface area contributed by atoms with Crippen LogP contribution in [0.2, 0.25) is 18.1 Å². The fraction of sp³-hybridized carbons (Fsp3) is 0.760.